The summed E-state index contributed by atoms with van der Waals surface area (Å²) in [6.45, 7) is 6.32. The van der Waals surface area contributed by atoms with Gasteiger partial charge in [-0.2, -0.15) is 4.98 Å². The highest BCUT2D eigenvalue weighted by atomic mass is 16.5. The summed E-state index contributed by atoms with van der Waals surface area (Å²) in [7, 11) is 0. The van der Waals surface area contributed by atoms with Gasteiger partial charge in [-0.25, -0.2) is 0 Å². The van der Waals surface area contributed by atoms with Gasteiger partial charge >= 0.3 is 0 Å². The van der Waals surface area contributed by atoms with Crippen LogP contribution in [0.5, 0.6) is 0 Å². The highest BCUT2D eigenvalue weighted by molar-refractivity contribution is 5.17. The molecule has 4 nitrogen and oxygen atoms in total. The van der Waals surface area contributed by atoms with Crippen LogP contribution in [0.3, 0.4) is 0 Å². The lowest BCUT2D eigenvalue weighted by Gasteiger charge is -2.50. The third-order valence-electron chi connectivity index (χ3n) is 4.85. The van der Waals surface area contributed by atoms with E-state index in [0.29, 0.717) is 0 Å². The standard InChI is InChI=1S/C14H23N3O/c1-12(2,3)11-16-10(17-18-11)13-4-7-14(15,8-5-13)9-6-13/h4-9,15H2,1-3H3. The van der Waals surface area contributed by atoms with Crippen molar-refractivity contribution in [2.24, 2.45) is 5.73 Å². The van der Waals surface area contributed by atoms with Crippen LogP contribution in [0.4, 0.5) is 0 Å². The molecule has 0 spiro atoms. The lowest BCUT2D eigenvalue weighted by Crippen LogP contribution is -2.53. The number of nitrogens with zero attached hydrogens (tertiary/aromatic N) is 2. The third-order valence-corrected chi connectivity index (χ3v) is 4.85. The molecular formula is C14H23N3O. The Hall–Kier alpha value is -0.900. The number of hydrogen-bond donors (Lipinski definition) is 1. The first-order chi connectivity index (χ1) is 8.33. The van der Waals surface area contributed by atoms with Crippen molar-refractivity contribution in [1.29, 1.82) is 0 Å². The van der Waals surface area contributed by atoms with E-state index < -0.39 is 0 Å². The van der Waals surface area contributed by atoms with Crippen molar-refractivity contribution in [3.05, 3.63) is 11.7 Å². The molecule has 3 fully saturated rings. The zero-order chi connectivity index (χ0) is 13.0. The van der Waals surface area contributed by atoms with Crippen molar-refractivity contribution in [3.63, 3.8) is 0 Å². The first-order valence-corrected chi connectivity index (χ1v) is 6.97. The quantitative estimate of drug-likeness (QED) is 0.831. The van der Waals surface area contributed by atoms with Crippen LogP contribution in [0.25, 0.3) is 0 Å². The van der Waals surface area contributed by atoms with Crippen LogP contribution < -0.4 is 5.73 Å². The molecule has 3 saturated carbocycles. The maximum Gasteiger partial charge on any atom is 0.232 e. The summed E-state index contributed by atoms with van der Waals surface area (Å²) in [6, 6.07) is 0. The molecule has 0 aromatic carbocycles. The van der Waals surface area contributed by atoms with Gasteiger partial charge in [0.25, 0.3) is 0 Å². The lowest BCUT2D eigenvalue weighted by molar-refractivity contribution is 0.0986. The Balaban J connectivity index is 1.89. The predicted octanol–water partition coefficient (Wildman–Crippen LogP) is 2.67. The molecule has 1 aromatic rings. The van der Waals surface area contributed by atoms with E-state index in [-0.39, 0.29) is 16.4 Å². The van der Waals surface area contributed by atoms with Gasteiger partial charge in [0.1, 0.15) is 0 Å². The Morgan fingerprint density at radius 2 is 1.61 bits per heavy atom. The van der Waals surface area contributed by atoms with E-state index in [1.807, 2.05) is 0 Å². The Kier molecular flexibility index (Phi) is 2.40. The van der Waals surface area contributed by atoms with Gasteiger partial charge in [-0.15, -0.1) is 0 Å². The largest absolute Gasteiger partial charge is 0.339 e. The predicted molar refractivity (Wildman–Crippen MR) is 69.3 cm³/mol. The van der Waals surface area contributed by atoms with Gasteiger partial charge in [-0.3, -0.25) is 0 Å². The number of nitrogens with two attached hydrogens (primary N) is 1. The molecule has 0 saturated heterocycles. The molecule has 0 radical (unpaired) electrons. The zero-order valence-corrected chi connectivity index (χ0v) is 11.6. The fourth-order valence-electron chi connectivity index (χ4n) is 3.29. The fourth-order valence-corrected chi connectivity index (χ4v) is 3.29. The first kappa shape index (κ1) is 12.2. The summed E-state index contributed by atoms with van der Waals surface area (Å²) < 4.78 is 5.46. The fraction of sp³-hybridized carbons (Fsp3) is 0.857. The lowest BCUT2D eigenvalue weighted by atomic mass is 9.57. The van der Waals surface area contributed by atoms with Crippen molar-refractivity contribution < 1.29 is 4.52 Å². The van der Waals surface area contributed by atoms with Gasteiger partial charge in [-0.05, 0) is 38.5 Å². The number of rotatable bonds is 1. The molecule has 0 unspecified atom stereocenters. The molecule has 3 aliphatic rings. The Bertz CT molecular complexity index is 433. The summed E-state index contributed by atoms with van der Waals surface area (Å²) in [5.41, 5.74) is 6.52. The normalized spacial score (nSPS) is 36.0. The van der Waals surface area contributed by atoms with Gasteiger partial charge in [0.15, 0.2) is 5.82 Å². The average Bonchev–Trinajstić information content (AvgIpc) is 2.80. The molecule has 1 heterocycles. The van der Waals surface area contributed by atoms with Gasteiger partial charge in [0, 0.05) is 16.4 Å². The minimum Gasteiger partial charge on any atom is -0.339 e. The molecule has 3 aliphatic carbocycles. The van der Waals surface area contributed by atoms with E-state index in [1.165, 1.54) is 0 Å². The molecule has 4 rings (SSSR count). The van der Waals surface area contributed by atoms with Gasteiger partial charge < -0.3 is 10.3 Å². The smallest absolute Gasteiger partial charge is 0.232 e. The highest BCUT2D eigenvalue weighted by Crippen LogP contribution is 2.51. The van der Waals surface area contributed by atoms with Crippen molar-refractivity contribution in [3.8, 4) is 0 Å². The summed E-state index contributed by atoms with van der Waals surface area (Å²) >= 11 is 0. The van der Waals surface area contributed by atoms with Crippen LogP contribution in [0.1, 0.15) is 71.0 Å². The summed E-state index contributed by atoms with van der Waals surface area (Å²) in [6.07, 6.45) is 6.66. The Labute approximate surface area is 108 Å². The van der Waals surface area contributed by atoms with Crippen LogP contribution in [0, 0.1) is 0 Å². The Morgan fingerprint density at radius 1 is 1.06 bits per heavy atom. The van der Waals surface area contributed by atoms with E-state index in [1.54, 1.807) is 0 Å². The highest BCUT2D eigenvalue weighted by Gasteiger charge is 2.50. The third kappa shape index (κ3) is 1.78. The second kappa shape index (κ2) is 3.56. The molecule has 2 bridgehead atoms. The summed E-state index contributed by atoms with van der Waals surface area (Å²) in [4.78, 5) is 4.68. The van der Waals surface area contributed by atoms with Crippen LogP contribution in [0.15, 0.2) is 4.52 Å². The maximum absolute atomic E-state index is 6.34. The summed E-state index contributed by atoms with van der Waals surface area (Å²) in [5.74, 6) is 1.68. The van der Waals surface area contributed by atoms with E-state index in [2.05, 4.69) is 30.9 Å². The molecule has 0 aliphatic heterocycles. The van der Waals surface area contributed by atoms with Crippen LogP contribution in [0.2, 0.25) is 0 Å². The van der Waals surface area contributed by atoms with Crippen molar-refractivity contribution >= 4 is 0 Å². The van der Waals surface area contributed by atoms with Crippen molar-refractivity contribution in [2.45, 2.75) is 75.7 Å². The first-order valence-electron chi connectivity index (χ1n) is 6.97. The summed E-state index contributed by atoms with van der Waals surface area (Å²) in [5, 5.41) is 4.27. The molecular weight excluding hydrogens is 226 g/mol. The second-order valence-electron chi connectivity index (χ2n) is 7.32. The van der Waals surface area contributed by atoms with Gasteiger partial charge in [0.05, 0.1) is 0 Å². The number of fused-ring (bicyclic) bond motifs is 3. The monoisotopic (exact) mass is 249 g/mol. The maximum atomic E-state index is 6.34. The van der Waals surface area contributed by atoms with E-state index in [9.17, 15) is 0 Å². The second-order valence-corrected chi connectivity index (χ2v) is 7.32. The topological polar surface area (TPSA) is 64.9 Å². The van der Waals surface area contributed by atoms with Gasteiger partial charge in [0.2, 0.25) is 5.89 Å². The van der Waals surface area contributed by atoms with Crippen LogP contribution in [-0.2, 0) is 10.8 Å². The van der Waals surface area contributed by atoms with E-state index >= 15 is 0 Å². The number of hydrogen-bond acceptors (Lipinski definition) is 4. The molecule has 1 aromatic heterocycles. The average molecular weight is 249 g/mol. The Morgan fingerprint density at radius 3 is 2.06 bits per heavy atom. The van der Waals surface area contributed by atoms with Crippen LogP contribution >= 0.6 is 0 Å². The van der Waals surface area contributed by atoms with Crippen molar-refractivity contribution in [2.75, 3.05) is 0 Å². The molecule has 18 heavy (non-hydrogen) atoms. The van der Waals surface area contributed by atoms with E-state index in [0.717, 1.165) is 50.2 Å². The molecule has 0 atom stereocenters. The minimum atomic E-state index is -0.0666. The molecule has 0 amide bonds. The van der Waals surface area contributed by atoms with E-state index in [4.69, 9.17) is 10.3 Å². The SMILES string of the molecule is CC(C)(C)c1nc(C23CCC(N)(CC2)CC3)no1. The molecule has 100 valence electrons. The minimum absolute atomic E-state index is 0.0666. The number of aromatic nitrogens is 2. The zero-order valence-electron chi connectivity index (χ0n) is 11.6. The van der Waals surface area contributed by atoms with Crippen molar-refractivity contribution in [1.82, 2.24) is 10.1 Å². The van der Waals surface area contributed by atoms with Crippen LogP contribution in [-0.4, -0.2) is 15.7 Å². The van der Waals surface area contributed by atoms with Gasteiger partial charge in [-0.1, -0.05) is 25.9 Å². The molecule has 2 N–H and O–H groups in total. The molecule has 4 heteroatoms.